The Morgan fingerprint density at radius 3 is 2.75 bits per heavy atom. The molecule has 20 heavy (non-hydrogen) atoms. The van der Waals surface area contributed by atoms with Crippen molar-refractivity contribution in [2.45, 2.75) is 43.5 Å². The van der Waals surface area contributed by atoms with E-state index in [1.807, 2.05) is 26.0 Å². The van der Waals surface area contributed by atoms with E-state index in [2.05, 4.69) is 11.4 Å². The molecule has 1 atom stereocenters. The van der Waals surface area contributed by atoms with Gasteiger partial charge in [0.15, 0.2) is 0 Å². The van der Waals surface area contributed by atoms with E-state index in [1.54, 1.807) is 17.8 Å². The maximum Gasteiger partial charge on any atom is 0.103 e. The van der Waals surface area contributed by atoms with E-state index < -0.39 is 5.54 Å². The van der Waals surface area contributed by atoms with Crippen LogP contribution >= 0.6 is 35.0 Å². The molecule has 0 aliphatic carbocycles. The second-order valence-electron chi connectivity index (χ2n) is 4.85. The van der Waals surface area contributed by atoms with Crippen LogP contribution in [0.1, 0.15) is 33.1 Å². The van der Waals surface area contributed by atoms with E-state index in [-0.39, 0.29) is 0 Å². The van der Waals surface area contributed by atoms with Gasteiger partial charge in [-0.05, 0) is 56.7 Å². The predicted molar refractivity (Wildman–Crippen MR) is 88.7 cm³/mol. The highest BCUT2D eigenvalue weighted by molar-refractivity contribution is 7.99. The Morgan fingerprint density at radius 2 is 2.10 bits per heavy atom. The largest absolute Gasteiger partial charge is 0.300 e. The first kappa shape index (κ1) is 17.7. The smallest absolute Gasteiger partial charge is 0.103 e. The van der Waals surface area contributed by atoms with Crippen LogP contribution in [0.25, 0.3) is 0 Å². The summed E-state index contributed by atoms with van der Waals surface area (Å²) in [4.78, 5) is 1.02. The quantitative estimate of drug-likeness (QED) is 0.529. The van der Waals surface area contributed by atoms with Crippen LogP contribution in [0.5, 0.6) is 0 Å². The van der Waals surface area contributed by atoms with E-state index in [1.165, 1.54) is 0 Å². The van der Waals surface area contributed by atoms with Gasteiger partial charge in [-0.25, -0.2) is 0 Å². The molecule has 2 nitrogen and oxygen atoms in total. The molecule has 0 aliphatic heterocycles. The summed E-state index contributed by atoms with van der Waals surface area (Å²) in [5.41, 5.74) is -0.410. The number of hydrogen-bond donors (Lipinski definition) is 1. The van der Waals surface area contributed by atoms with Crippen molar-refractivity contribution in [1.29, 1.82) is 5.26 Å². The van der Waals surface area contributed by atoms with E-state index in [4.69, 9.17) is 28.5 Å². The monoisotopic (exact) mass is 330 g/mol. The van der Waals surface area contributed by atoms with Gasteiger partial charge in [-0.2, -0.15) is 5.26 Å². The highest BCUT2D eigenvalue weighted by atomic mass is 35.5. The Balaban J connectivity index is 2.32. The van der Waals surface area contributed by atoms with Crippen molar-refractivity contribution in [3.8, 4) is 6.07 Å². The number of halogens is 2. The SMILES string of the molecule is CCNC(C)(C#N)CCCCSc1cc(Cl)ccc1Cl. The summed E-state index contributed by atoms with van der Waals surface area (Å²) in [5, 5.41) is 13.8. The average molecular weight is 331 g/mol. The zero-order valence-electron chi connectivity index (χ0n) is 11.9. The molecule has 0 spiro atoms. The number of rotatable bonds is 8. The molecule has 0 saturated carbocycles. The fourth-order valence-corrected chi connectivity index (χ4v) is 3.43. The van der Waals surface area contributed by atoms with E-state index in [0.717, 1.165) is 41.5 Å². The Bertz CT molecular complexity index is 473. The molecule has 0 heterocycles. The van der Waals surface area contributed by atoms with Crippen molar-refractivity contribution in [2.24, 2.45) is 0 Å². The zero-order chi connectivity index (χ0) is 15.0. The van der Waals surface area contributed by atoms with E-state index in [9.17, 15) is 0 Å². The third-order valence-electron chi connectivity index (χ3n) is 3.04. The van der Waals surface area contributed by atoms with Gasteiger partial charge in [-0.1, -0.05) is 30.1 Å². The first-order valence-electron chi connectivity index (χ1n) is 6.75. The van der Waals surface area contributed by atoms with Gasteiger partial charge in [0.1, 0.15) is 5.54 Å². The van der Waals surface area contributed by atoms with Gasteiger partial charge in [0.25, 0.3) is 0 Å². The molecule has 0 aliphatic rings. The molecule has 110 valence electrons. The molecule has 0 radical (unpaired) electrons. The molecule has 1 N–H and O–H groups in total. The van der Waals surface area contributed by atoms with Crippen molar-refractivity contribution < 1.29 is 0 Å². The van der Waals surface area contributed by atoms with Crippen LogP contribution in [0.3, 0.4) is 0 Å². The minimum Gasteiger partial charge on any atom is -0.300 e. The highest BCUT2D eigenvalue weighted by Gasteiger charge is 2.21. The standard InChI is InChI=1S/C15H20Cl2N2S/c1-3-19-15(2,11-18)8-4-5-9-20-14-10-12(16)6-7-13(14)17/h6-7,10,19H,3-5,8-9H2,1-2H3. The molecule has 0 fully saturated rings. The van der Waals surface area contributed by atoms with Crippen LogP contribution in [0.15, 0.2) is 23.1 Å². The van der Waals surface area contributed by atoms with Gasteiger partial charge >= 0.3 is 0 Å². The normalized spacial score (nSPS) is 13.8. The lowest BCUT2D eigenvalue weighted by molar-refractivity contribution is 0.415. The molecule has 1 unspecified atom stereocenters. The highest BCUT2D eigenvalue weighted by Crippen LogP contribution is 2.30. The lowest BCUT2D eigenvalue weighted by Crippen LogP contribution is -2.40. The summed E-state index contributed by atoms with van der Waals surface area (Å²) in [6, 6.07) is 7.86. The Labute approximate surface area is 135 Å². The summed E-state index contributed by atoms with van der Waals surface area (Å²) >= 11 is 13.8. The minimum atomic E-state index is -0.410. The molecule has 1 aromatic rings. The van der Waals surface area contributed by atoms with Crippen LogP contribution in [0.4, 0.5) is 0 Å². The first-order chi connectivity index (χ1) is 9.50. The Morgan fingerprint density at radius 1 is 1.35 bits per heavy atom. The van der Waals surface area contributed by atoms with Gasteiger partial charge < -0.3 is 0 Å². The van der Waals surface area contributed by atoms with Crippen molar-refractivity contribution in [3.05, 3.63) is 28.2 Å². The number of nitriles is 1. The third-order valence-corrected chi connectivity index (χ3v) is 4.85. The maximum atomic E-state index is 9.17. The summed E-state index contributed by atoms with van der Waals surface area (Å²) in [7, 11) is 0. The number of nitrogens with zero attached hydrogens (tertiary/aromatic N) is 1. The molecular weight excluding hydrogens is 311 g/mol. The molecule has 5 heteroatoms. The van der Waals surface area contributed by atoms with Crippen LogP contribution in [-0.2, 0) is 0 Å². The molecule has 1 rings (SSSR count). The maximum absolute atomic E-state index is 9.17. The lowest BCUT2D eigenvalue weighted by atomic mass is 9.97. The molecule has 0 saturated heterocycles. The molecule has 0 amide bonds. The minimum absolute atomic E-state index is 0.410. The summed E-state index contributed by atoms with van der Waals surface area (Å²) in [5.74, 6) is 0.980. The Hall–Kier alpha value is -0.400. The van der Waals surface area contributed by atoms with Gasteiger partial charge in [-0.15, -0.1) is 11.8 Å². The fourth-order valence-electron chi connectivity index (χ4n) is 1.92. The molecule has 0 aromatic heterocycles. The zero-order valence-corrected chi connectivity index (χ0v) is 14.2. The van der Waals surface area contributed by atoms with Gasteiger partial charge in [0, 0.05) is 9.92 Å². The van der Waals surface area contributed by atoms with Gasteiger partial charge in [-0.3, -0.25) is 5.32 Å². The molecule has 0 bridgehead atoms. The summed E-state index contributed by atoms with van der Waals surface area (Å²) in [6.07, 6.45) is 2.93. The van der Waals surface area contributed by atoms with Crippen LogP contribution in [-0.4, -0.2) is 17.8 Å². The van der Waals surface area contributed by atoms with Crippen molar-refractivity contribution in [1.82, 2.24) is 5.32 Å². The number of thioether (sulfide) groups is 1. The summed E-state index contributed by atoms with van der Waals surface area (Å²) < 4.78 is 0. The van der Waals surface area contributed by atoms with Crippen molar-refractivity contribution in [2.75, 3.05) is 12.3 Å². The van der Waals surface area contributed by atoms with Gasteiger partial charge in [0.05, 0.1) is 11.1 Å². The third kappa shape index (κ3) is 5.93. The van der Waals surface area contributed by atoms with Crippen molar-refractivity contribution >= 4 is 35.0 Å². The Kier molecular flexibility index (Phi) is 7.76. The van der Waals surface area contributed by atoms with Crippen LogP contribution < -0.4 is 5.32 Å². The van der Waals surface area contributed by atoms with Crippen LogP contribution in [0.2, 0.25) is 10.0 Å². The fraction of sp³-hybridized carbons (Fsp3) is 0.533. The van der Waals surface area contributed by atoms with Gasteiger partial charge in [0.2, 0.25) is 0 Å². The number of unbranched alkanes of at least 4 members (excludes halogenated alkanes) is 1. The molecular formula is C15H20Cl2N2S. The summed E-state index contributed by atoms with van der Waals surface area (Å²) in [6.45, 7) is 4.79. The predicted octanol–water partition coefficient (Wildman–Crippen LogP) is 5.15. The number of benzene rings is 1. The second kappa shape index (κ2) is 8.79. The van der Waals surface area contributed by atoms with Crippen molar-refractivity contribution in [3.63, 3.8) is 0 Å². The second-order valence-corrected chi connectivity index (χ2v) is 6.83. The molecule has 1 aromatic carbocycles. The van der Waals surface area contributed by atoms with E-state index >= 15 is 0 Å². The first-order valence-corrected chi connectivity index (χ1v) is 8.49. The number of nitrogens with one attached hydrogen (secondary N) is 1. The van der Waals surface area contributed by atoms with Crippen LogP contribution in [0, 0.1) is 11.3 Å². The average Bonchev–Trinajstić information content (AvgIpc) is 2.42. The van der Waals surface area contributed by atoms with E-state index in [0.29, 0.717) is 5.02 Å². The number of hydrogen-bond acceptors (Lipinski definition) is 3. The lowest BCUT2D eigenvalue weighted by Gasteiger charge is -2.22. The topological polar surface area (TPSA) is 35.8 Å².